The molecule has 4 rings (SSSR count). The molecule has 0 radical (unpaired) electrons. The molecule has 0 spiro atoms. The van der Waals surface area contributed by atoms with Crippen molar-refractivity contribution in [1.29, 1.82) is 0 Å². The summed E-state index contributed by atoms with van der Waals surface area (Å²) < 4.78 is 2.39. The van der Waals surface area contributed by atoms with Gasteiger partial charge in [0.2, 0.25) is 5.91 Å². The molecule has 1 atom stereocenters. The lowest BCUT2D eigenvalue weighted by atomic mass is 10.1. The lowest BCUT2D eigenvalue weighted by Gasteiger charge is -2.20. The lowest BCUT2D eigenvalue weighted by Crippen LogP contribution is -2.25. The Balaban J connectivity index is 1.55. The highest BCUT2D eigenvalue weighted by atomic mass is 16.2. The number of para-hydroxylation sites is 3. The number of hydrogen-bond donors (Lipinski definition) is 0. The van der Waals surface area contributed by atoms with E-state index in [1.165, 1.54) is 49.6 Å². The number of aromatic nitrogens is 2. The van der Waals surface area contributed by atoms with Gasteiger partial charge in [0.15, 0.2) is 0 Å². The van der Waals surface area contributed by atoms with Gasteiger partial charge in [-0.1, -0.05) is 76.3 Å². The Morgan fingerprint density at radius 3 is 2.52 bits per heavy atom. The predicted molar refractivity (Wildman–Crippen MR) is 129 cm³/mol. The highest BCUT2D eigenvalue weighted by Crippen LogP contribution is 2.35. The second-order valence-electron chi connectivity index (χ2n) is 8.77. The second kappa shape index (κ2) is 10.1. The predicted octanol–water partition coefficient (Wildman–Crippen LogP) is 6.48. The van der Waals surface area contributed by atoms with Gasteiger partial charge in [-0.15, -0.1) is 0 Å². The molecule has 164 valence electrons. The van der Waals surface area contributed by atoms with E-state index >= 15 is 0 Å². The third kappa shape index (κ3) is 4.68. The summed E-state index contributed by atoms with van der Waals surface area (Å²) in [7, 11) is 0. The Labute approximate surface area is 186 Å². The topological polar surface area (TPSA) is 38.1 Å². The first kappa shape index (κ1) is 21.6. The van der Waals surface area contributed by atoms with Crippen LogP contribution in [-0.4, -0.2) is 22.0 Å². The van der Waals surface area contributed by atoms with Crippen LogP contribution in [0.2, 0.25) is 0 Å². The maximum Gasteiger partial charge on any atom is 0.227 e. The van der Waals surface area contributed by atoms with Crippen molar-refractivity contribution in [2.75, 3.05) is 11.4 Å². The number of imidazole rings is 1. The van der Waals surface area contributed by atoms with Crippen LogP contribution < -0.4 is 4.90 Å². The molecule has 2 aromatic carbocycles. The van der Waals surface area contributed by atoms with Crippen molar-refractivity contribution in [3.63, 3.8) is 0 Å². The Morgan fingerprint density at radius 1 is 0.935 bits per heavy atom. The number of nitrogens with zero attached hydrogens (tertiary/aromatic N) is 3. The first-order chi connectivity index (χ1) is 15.2. The minimum atomic E-state index is 0.143. The molecule has 4 heteroatoms. The van der Waals surface area contributed by atoms with Gasteiger partial charge >= 0.3 is 0 Å². The van der Waals surface area contributed by atoms with E-state index in [2.05, 4.69) is 60.9 Å². The molecule has 0 N–H and O–H groups in total. The van der Waals surface area contributed by atoms with Gasteiger partial charge in [0.1, 0.15) is 5.82 Å². The summed E-state index contributed by atoms with van der Waals surface area (Å²) in [5.74, 6) is 1.44. The first-order valence-electron chi connectivity index (χ1n) is 12.1. The van der Waals surface area contributed by atoms with Gasteiger partial charge in [0.05, 0.1) is 11.0 Å². The van der Waals surface area contributed by atoms with Crippen LogP contribution in [0.25, 0.3) is 11.0 Å². The van der Waals surface area contributed by atoms with Crippen LogP contribution in [0.1, 0.15) is 76.1 Å². The summed E-state index contributed by atoms with van der Waals surface area (Å²) in [5, 5.41) is 0. The second-order valence-corrected chi connectivity index (χ2v) is 8.77. The number of amides is 1. The van der Waals surface area contributed by atoms with E-state index in [1.54, 1.807) is 0 Å². The van der Waals surface area contributed by atoms with Gasteiger partial charge in [-0.25, -0.2) is 4.98 Å². The molecule has 0 bridgehead atoms. The van der Waals surface area contributed by atoms with E-state index in [4.69, 9.17) is 4.98 Å². The fourth-order valence-corrected chi connectivity index (χ4v) is 4.88. The number of benzene rings is 2. The number of hydrogen-bond acceptors (Lipinski definition) is 2. The molecule has 31 heavy (non-hydrogen) atoms. The van der Waals surface area contributed by atoms with Gasteiger partial charge in [0.25, 0.3) is 0 Å². The fraction of sp³-hybridized carbons (Fsp3) is 0.481. The summed E-state index contributed by atoms with van der Waals surface area (Å²) in [6.45, 7) is 6.11. The number of unbranched alkanes of at least 4 members (excludes halogenated alkanes) is 5. The third-order valence-electron chi connectivity index (χ3n) is 6.57. The molecule has 0 aliphatic carbocycles. The first-order valence-corrected chi connectivity index (χ1v) is 12.1. The summed E-state index contributed by atoms with van der Waals surface area (Å²) in [4.78, 5) is 20.0. The highest BCUT2D eigenvalue weighted by Gasteiger charge is 2.35. The van der Waals surface area contributed by atoms with E-state index < -0.39 is 0 Å². The van der Waals surface area contributed by atoms with Crippen molar-refractivity contribution < 1.29 is 4.79 Å². The molecule has 1 unspecified atom stereocenters. The van der Waals surface area contributed by atoms with Crippen LogP contribution in [0.3, 0.4) is 0 Å². The molecular weight excluding hydrogens is 382 g/mol. The lowest BCUT2D eigenvalue weighted by molar-refractivity contribution is -0.117. The van der Waals surface area contributed by atoms with Crippen LogP contribution >= 0.6 is 0 Å². The van der Waals surface area contributed by atoms with E-state index in [0.717, 1.165) is 36.5 Å². The van der Waals surface area contributed by atoms with Crippen molar-refractivity contribution in [2.24, 2.45) is 0 Å². The van der Waals surface area contributed by atoms with Crippen LogP contribution in [0, 0.1) is 0 Å². The minimum Gasteiger partial charge on any atom is -0.328 e. The normalized spacial score (nSPS) is 16.5. The molecule has 1 aromatic heterocycles. The average molecular weight is 418 g/mol. The monoisotopic (exact) mass is 417 g/mol. The molecule has 1 aliphatic heterocycles. The van der Waals surface area contributed by atoms with Gasteiger partial charge in [-0.05, 0) is 36.6 Å². The summed E-state index contributed by atoms with van der Waals surface area (Å²) in [5.41, 5.74) is 4.54. The van der Waals surface area contributed by atoms with Crippen molar-refractivity contribution in [1.82, 2.24) is 9.55 Å². The van der Waals surface area contributed by atoms with E-state index in [0.29, 0.717) is 6.42 Å². The zero-order chi connectivity index (χ0) is 21.6. The van der Waals surface area contributed by atoms with Crippen LogP contribution in [0.5, 0.6) is 0 Å². The molecule has 1 saturated heterocycles. The standard InChI is InChI=1S/C27H35N3O/c1-3-5-6-7-8-13-18-29-25-17-12-10-15-23(25)28-27(29)22-19-26(31)30(20-22)24-16-11-9-14-21(24)4-2/h9-12,14-17,22H,3-8,13,18-20H2,1-2H3. The van der Waals surface area contributed by atoms with Gasteiger partial charge in [-0.3, -0.25) is 4.79 Å². The molecule has 2 heterocycles. The molecule has 0 saturated carbocycles. The van der Waals surface area contributed by atoms with Crippen molar-refractivity contribution in [3.05, 3.63) is 59.9 Å². The maximum absolute atomic E-state index is 13.0. The maximum atomic E-state index is 13.0. The highest BCUT2D eigenvalue weighted by molar-refractivity contribution is 5.97. The molecule has 4 nitrogen and oxygen atoms in total. The average Bonchev–Trinajstić information content (AvgIpc) is 3.36. The Hall–Kier alpha value is -2.62. The van der Waals surface area contributed by atoms with Crippen LogP contribution in [0.4, 0.5) is 5.69 Å². The van der Waals surface area contributed by atoms with Gasteiger partial charge in [0, 0.05) is 31.1 Å². The van der Waals surface area contributed by atoms with Crippen molar-refractivity contribution >= 4 is 22.6 Å². The number of aryl methyl sites for hydroxylation is 2. The number of fused-ring (bicyclic) bond motifs is 1. The van der Waals surface area contributed by atoms with E-state index in [-0.39, 0.29) is 11.8 Å². The fourth-order valence-electron chi connectivity index (χ4n) is 4.88. The quantitative estimate of drug-likeness (QED) is 0.354. The van der Waals surface area contributed by atoms with E-state index in [1.807, 2.05) is 11.0 Å². The summed E-state index contributed by atoms with van der Waals surface area (Å²) in [6.07, 6.45) is 9.14. The van der Waals surface area contributed by atoms with Crippen molar-refractivity contribution in [3.8, 4) is 0 Å². The van der Waals surface area contributed by atoms with Crippen LogP contribution in [0.15, 0.2) is 48.5 Å². The van der Waals surface area contributed by atoms with E-state index in [9.17, 15) is 4.79 Å². The largest absolute Gasteiger partial charge is 0.328 e. The molecule has 1 amide bonds. The molecule has 1 aliphatic rings. The number of carbonyl (C=O) groups is 1. The Morgan fingerprint density at radius 2 is 1.68 bits per heavy atom. The third-order valence-corrected chi connectivity index (χ3v) is 6.57. The number of anilines is 1. The van der Waals surface area contributed by atoms with Gasteiger partial charge in [-0.2, -0.15) is 0 Å². The number of rotatable bonds is 10. The van der Waals surface area contributed by atoms with Gasteiger partial charge < -0.3 is 9.47 Å². The SMILES string of the molecule is CCCCCCCCn1c(C2CC(=O)N(c3ccccc3CC)C2)nc2ccccc21. The summed E-state index contributed by atoms with van der Waals surface area (Å²) in [6, 6.07) is 16.7. The Kier molecular flexibility index (Phi) is 7.06. The Bertz CT molecular complexity index is 1020. The van der Waals surface area contributed by atoms with Crippen LogP contribution in [-0.2, 0) is 17.8 Å². The minimum absolute atomic E-state index is 0.143. The molecular formula is C27H35N3O. The zero-order valence-corrected chi connectivity index (χ0v) is 19.0. The molecule has 3 aromatic rings. The zero-order valence-electron chi connectivity index (χ0n) is 19.0. The number of carbonyl (C=O) groups excluding carboxylic acids is 1. The molecule has 1 fully saturated rings. The smallest absolute Gasteiger partial charge is 0.227 e. The summed E-state index contributed by atoms with van der Waals surface area (Å²) >= 11 is 0. The van der Waals surface area contributed by atoms with Crippen molar-refractivity contribution in [2.45, 2.75) is 77.7 Å².